The number of carbonyl (C=O) groups excluding carboxylic acids is 2. The molecule has 0 saturated carbocycles. The molecule has 1 aliphatic heterocycles. The van der Waals surface area contributed by atoms with Crippen molar-refractivity contribution in [2.45, 2.75) is 31.3 Å². The Kier molecular flexibility index (Phi) is 7.70. The number of amides is 1. The van der Waals surface area contributed by atoms with Gasteiger partial charge in [-0.25, -0.2) is 4.39 Å². The van der Waals surface area contributed by atoms with Gasteiger partial charge >= 0.3 is 5.97 Å². The van der Waals surface area contributed by atoms with E-state index in [0.717, 1.165) is 30.5 Å². The second-order valence-electron chi connectivity index (χ2n) is 8.62. The summed E-state index contributed by atoms with van der Waals surface area (Å²) in [5.74, 6) is -0.754. The summed E-state index contributed by atoms with van der Waals surface area (Å²) < 4.78 is 18.5. The molecule has 176 valence electrons. The summed E-state index contributed by atoms with van der Waals surface area (Å²) in [4.78, 5) is 27.3. The van der Waals surface area contributed by atoms with Gasteiger partial charge in [-0.2, -0.15) is 0 Å². The summed E-state index contributed by atoms with van der Waals surface area (Å²) in [5.41, 5.74) is 3.39. The van der Waals surface area contributed by atoms with Gasteiger partial charge in [-0.1, -0.05) is 54.6 Å². The van der Waals surface area contributed by atoms with Gasteiger partial charge in [-0.15, -0.1) is 0 Å². The second-order valence-corrected chi connectivity index (χ2v) is 8.62. The Labute approximate surface area is 199 Å². The highest BCUT2D eigenvalue weighted by Crippen LogP contribution is 2.22. The molecule has 1 N–H and O–H groups in total. The zero-order valence-corrected chi connectivity index (χ0v) is 19.2. The summed E-state index contributed by atoms with van der Waals surface area (Å²) in [5, 5.41) is 3.06. The van der Waals surface area contributed by atoms with E-state index in [-0.39, 0.29) is 29.8 Å². The number of benzene rings is 3. The van der Waals surface area contributed by atoms with E-state index in [0.29, 0.717) is 18.5 Å². The van der Waals surface area contributed by atoms with Crippen LogP contribution < -0.4 is 5.32 Å². The van der Waals surface area contributed by atoms with Crippen LogP contribution in [0.5, 0.6) is 0 Å². The molecule has 5 nitrogen and oxygen atoms in total. The minimum Gasteiger partial charge on any atom is -0.468 e. The van der Waals surface area contributed by atoms with Crippen LogP contribution in [0.2, 0.25) is 0 Å². The number of aryl methyl sites for hydroxylation is 1. The molecule has 0 unspecified atom stereocenters. The maximum Gasteiger partial charge on any atom is 0.323 e. The van der Waals surface area contributed by atoms with Gasteiger partial charge in [-0.05, 0) is 66.8 Å². The van der Waals surface area contributed by atoms with Crippen LogP contribution >= 0.6 is 0 Å². The lowest BCUT2D eigenvalue weighted by molar-refractivity contribution is -0.145. The van der Waals surface area contributed by atoms with Crippen molar-refractivity contribution in [3.8, 4) is 11.1 Å². The summed E-state index contributed by atoms with van der Waals surface area (Å²) >= 11 is 0. The van der Waals surface area contributed by atoms with Gasteiger partial charge < -0.3 is 10.1 Å². The molecule has 0 radical (unpaired) electrons. The molecule has 1 amide bonds. The number of methoxy groups -OCH3 is 1. The van der Waals surface area contributed by atoms with E-state index in [2.05, 4.69) is 22.3 Å². The lowest BCUT2D eigenvalue weighted by atomic mass is 10.0. The largest absolute Gasteiger partial charge is 0.468 e. The molecule has 0 bridgehead atoms. The van der Waals surface area contributed by atoms with E-state index in [1.54, 1.807) is 18.2 Å². The first kappa shape index (κ1) is 23.6. The number of carbonyl (C=O) groups is 2. The number of nitrogens with zero attached hydrogens (tertiary/aromatic N) is 1. The van der Waals surface area contributed by atoms with Gasteiger partial charge in [0, 0.05) is 18.2 Å². The molecule has 3 aromatic rings. The molecule has 1 aliphatic rings. The fourth-order valence-electron chi connectivity index (χ4n) is 4.52. The lowest BCUT2D eigenvalue weighted by Gasteiger charge is -2.22. The zero-order valence-electron chi connectivity index (χ0n) is 19.2. The number of halogens is 1. The second kappa shape index (κ2) is 11.1. The Morgan fingerprint density at radius 1 is 1.00 bits per heavy atom. The molecule has 4 rings (SSSR count). The average molecular weight is 461 g/mol. The van der Waals surface area contributed by atoms with Crippen molar-refractivity contribution in [2.75, 3.05) is 20.2 Å². The fraction of sp³-hybridized carbons (Fsp3) is 0.286. The first-order valence-electron chi connectivity index (χ1n) is 11.6. The molecule has 0 spiro atoms. The third-order valence-corrected chi connectivity index (χ3v) is 6.27. The van der Waals surface area contributed by atoms with E-state index in [4.69, 9.17) is 4.74 Å². The maximum absolute atomic E-state index is 13.5. The third-order valence-electron chi connectivity index (χ3n) is 6.27. The SMILES string of the molecule is COC(=O)[C@@H]1C[C@@H](NC(=O)c2ccc(-c3cccc(F)c3)cc2)CN1CCCc1ccccc1. The quantitative estimate of drug-likeness (QED) is 0.504. The Morgan fingerprint density at radius 3 is 2.47 bits per heavy atom. The zero-order chi connectivity index (χ0) is 23.9. The third kappa shape index (κ3) is 5.88. The van der Waals surface area contributed by atoms with E-state index in [9.17, 15) is 14.0 Å². The van der Waals surface area contributed by atoms with Crippen LogP contribution in [0.4, 0.5) is 4.39 Å². The van der Waals surface area contributed by atoms with E-state index >= 15 is 0 Å². The van der Waals surface area contributed by atoms with E-state index < -0.39 is 0 Å². The van der Waals surface area contributed by atoms with E-state index in [1.807, 2.05) is 36.4 Å². The van der Waals surface area contributed by atoms with Crippen molar-refractivity contribution < 1.29 is 18.7 Å². The maximum atomic E-state index is 13.5. The van der Waals surface area contributed by atoms with Crippen LogP contribution in [-0.4, -0.2) is 49.1 Å². The summed E-state index contributed by atoms with van der Waals surface area (Å²) in [6, 6.07) is 23.2. The highest BCUT2D eigenvalue weighted by atomic mass is 19.1. The smallest absolute Gasteiger partial charge is 0.323 e. The molecule has 3 aromatic carbocycles. The van der Waals surface area contributed by atoms with Gasteiger partial charge in [-0.3, -0.25) is 14.5 Å². The number of hydrogen-bond acceptors (Lipinski definition) is 4. The van der Waals surface area contributed by atoms with Crippen LogP contribution in [0.1, 0.15) is 28.8 Å². The number of hydrogen-bond donors (Lipinski definition) is 1. The predicted molar refractivity (Wildman–Crippen MR) is 130 cm³/mol. The van der Waals surface area contributed by atoms with Crippen LogP contribution in [-0.2, 0) is 16.0 Å². The Bertz CT molecular complexity index is 1120. The average Bonchev–Trinajstić information content (AvgIpc) is 3.26. The topological polar surface area (TPSA) is 58.6 Å². The lowest BCUT2D eigenvalue weighted by Crippen LogP contribution is -2.38. The molecule has 1 heterocycles. The molecule has 0 aromatic heterocycles. The van der Waals surface area contributed by atoms with Crippen molar-refractivity contribution in [3.05, 3.63) is 95.8 Å². The van der Waals surface area contributed by atoms with Crippen LogP contribution in [0.25, 0.3) is 11.1 Å². The van der Waals surface area contributed by atoms with Gasteiger partial charge in [0.2, 0.25) is 0 Å². The first-order chi connectivity index (χ1) is 16.5. The van der Waals surface area contributed by atoms with Gasteiger partial charge in [0.1, 0.15) is 11.9 Å². The van der Waals surface area contributed by atoms with Crippen molar-refractivity contribution in [3.63, 3.8) is 0 Å². The monoisotopic (exact) mass is 460 g/mol. The van der Waals surface area contributed by atoms with Crippen LogP contribution in [0.15, 0.2) is 78.9 Å². The van der Waals surface area contributed by atoms with Crippen molar-refractivity contribution in [1.82, 2.24) is 10.2 Å². The predicted octanol–water partition coefficient (Wildman–Crippen LogP) is 4.47. The molecule has 34 heavy (non-hydrogen) atoms. The summed E-state index contributed by atoms with van der Waals surface area (Å²) in [6.07, 6.45) is 2.37. The Morgan fingerprint density at radius 2 is 1.76 bits per heavy atom. The summed E-state index contributed by atoms with van der Waals surface area (Å²) in [7, 11) is 1.40. The number of esters is 1. The highest BCUT2D eigenvalue weighted by Gasteiger charge is 2.37. The highest BCUT2D eigenvalue weighted by molar-refractivity contribution is 5.95. The molecule has 2 atom stereocenters. The minimum absolute atomic E-state index is 0.142. The van der Waals surface area contributed by atoms with Crippen LogP contribution in [0.3, 0.4) is 0 Å². The van der Waals surface area contributed by atoms with Crippen molar-refractivity contribution in [1.29, 1.82) is 0 Å². The number of likely N-dealkylation sites (tertiary alicyclic amines) is 1. The molecule has 0 aliphatic carbocycles. The molecule has 1 saturated heterocycles. The van der Waals surface area contributed by atoms with Gasteiger partial charge in [0.15, 0.2) is 0 Å². The number of rotatable bonds is 8. The van der Waals surface area contributed by atoms with Crippen molar-refractivity contribution in [2.24, 2.45) is 0 Å². The molecular weight excluding hydrogens is 431 g/mol. The first-order valence-corrected chi connectivity index (χ1v) is 11.6. The van der Waals surface area contributed by atoms with E-state index in [1.165, 1.54) is 24.8 Å². The molecule has 1 fully saturated rings. The minimum atomic E-state index is -0.360. The van der Waals surface area contributed by atoms with Gasteiger partial charge in [0.25, 0.3) is 5.91 Å². The van der Waals surface area contributed by atoms with Crippen LogP contribution in [0, 0.1) is 5.82 Å². The molecule has 6 heteroatoms. The standard InChI is InChI=1S/C28H29FN2O3/c1-34-28(33)26-18-25(19-31(26)16-6-9-20-7-3-2-4-8-20)30-27(32)22-14-12-21(13-15-22)23-10-5-11-24(29)17-23/h2-5,7-8,10-15,17,25-26H,6,9,16,18-19H2,1H3,(H,30,32)/t25-,26+/m1/s1. The van der Waals surface area contributed by atoms with Crippen molar-refractivity contribution >= 4 is 11.9 Å². The normalized spacial score (nSPS) is 17.9. The van der Waals surface area contributed by atoms with Gasteiger partial charge in [0.05, 0.1) is 7.11 Å². The fourth-order valence-corrected chi connectivity index (χ4v) is 4.52. The Hall–Kier alpha value is -3.51. The number of ether oxygens (including phenoxy) is 1. The summed E-state index contributed by atoms with van der Waals surface area (Å²) in [6.45, 7) is 1.35. The molecular formula is C28H29FN2O3. The Balaban J connectivity index is 1.35. The number of nitrogens with one attached hydrogen (secondary N) is 1.